The third-order valence-corrected chi connectivity index (χ3v) is 1.83. The fourth-order valence-corrected chi connectivity index (χ4v) is 1.13. The van der Waals surface area contributed by atoms with Crippen LogP contribution < -0.4 is 16.4 Å². The van der Waals surface area contributed by atoms with Crippen LogP contribution in [0.4, 0.5) is 10.5 Å². The van der Waals surface area contributed by atoms with E-state index in [1.165, 1.54) is 7.05 Å². The van der Waals surface area contributed by atoms with E-state index in [0.717, 1.165) is 4.90 Å². The van der Waals surface area contributed by atoms with E-state index in [0.29, 0.717) is 5.69 Å². The fraction of sp³-hybridized carbons (Fsp3) is 0.111. The molecule has 5 nitrogen and oxygen atoms in total. The van der Waals surface area contributed by atoms with Crippen LogP contribution in [0, 0.1) is 0 Å². The number of thiol groups is 1. The molecule has 0 radical (unpaired) electrons. The van der Waals surface area contributed by atoms with Crippen LogP contribution >= 0.6 is 12.6 Å². The average molecular weight is 224 g/mol. The molecule has 80 valence electrons. The number of guanidine groups is 1. The summed E-state index contributed by atoms with van der Waals surface area (Å²) < 4.78 is 0. The summed E-state index contributed by atoms with van der Waals surface area (Å²) in [6, 6.07) is 6.72. The second-order valence-corrected chi connectivity index (χ2v) is 3.24. The molecular weight excluding hydrogens is 212 g/mol. The van der Waals surface area contributed by atoms with Crippen LogP contribution in [0.25, 0.3) is 0 Å². The second kappa shape index (κ2) is 5.26. The second-order valence-electron chi connectivity index (χ2n) is 2.72. The quantitative estimate of drug-likeness (QED) is 0.324. The van der Waals surface area contributed by atoms with Gasteiger partial charge in [-0.3, -0.25) is 5.32 Å². The molecule has 0 aliphatic heterocycles. The Bertz CT molecular complexity index is 391. The standard InChI is InChI=1S/C9H12N4OS/c1-11-9(14)13-8(10)12-6-3-2-4-7(15)5-6/h2-5,15H,1H3,(H4,10,11,12,13,14). The van der Waals surface area contributed by atoms with Gasteiger partial charge in [0.05, 0.1) is 5.69 Å². The van der Waals surface area contributed by atoms with E-state index < -0.39 is 6.03 Å². The normalized spacial score (nSPS) is 10.9. The highest BCUT2D eigenvalue weighted by molar-refractivity contribution is 7.80. The SMILES string of the molecule is CNC(=O)NC(N)=Nc1cccc(S)c1. The number of benzene rings is 1. The van der Waals surface area contributed by atoms with Crippen molar-refractivity contribution in [2.75, 3.05) is 7.05 Å². The lowest BCUT2D eigenvalue weighted by Gasteiger charge is -2.02. The van der Waals surface area contributed by atoms with E-state index in [-0.39, 0.29) is 5.96 Å². The summed E-state index contributed by atoms with van der Waals surface area (Å²) in [5, 5.41) is 4.72. The van der Waals surface area contributed by atoms with Crippen molar-refractivity contribution in [3.05, 3.63) is 24.3 Å². The topological polar surface area (TPSA) is 79.5 Å². The minimum atomic E-state index is -0.404. The lowest BCUT2D eigenvalue weighted by molar-refractivity contribution is 0.247. The van der Waals surface area contributed by atoms with Crippen LogP contribution in [-0.4, -0.2) is 19.0 Å². The van der Waals surface area contributed by atoms with Crippen LogP contribution in [0.3, 0.4) is 0 Å². The number of urea groups is 1. The number of carbonyl (C=O) groups is 1. The van der Waals surface area contributed by atoms with Crippen molar-refractivity contribution >= 4 is 30.3 Å². The number of nitrogens with one attached hydrogen (secondary N) is 2. The van der Waals surface area contributed by atoms with Crippen molar-refractivity contribution in [3.63, 3.8) is 0 Å². The molecule has 15 heavy (non-hydrogen) atoms. The first-order valence-electron chi connectivity index (χ1n) is 4.23. The Morgan fingerprint density at radius 1 is 1.53 bits per heavy atom. The van der Waals surface area contributed by atoms with Crippen LogP contribution in [0.1, 0.15) is 0 Å². The van der Waals surface area contributed by atoms with Crippen LogP contribution in [0.15, 0.2) is 34.2 Å². The highest BCUT2D eigenvalue weighted by Crippen LogP contribution is 2.15. The van der Waals surface area contributed by atoms with Gasteiger partial charge in [0, 0.05) is 11.9 Å². The monoisotopic (exact) mass is 224 g/mol. The molecule has 0 spiro atoms. The molecule has 4 N–H and O–H groups in total. The van der Waals surface area contributed by atoms with Gasteiger partial charge in [0.25, 0.3) is 0 Å². The van der Waals surface area contributed by atoms with E-state index in [1.54, 1.807) is 18.2 Å². The molecule has 0 fully saturated rings. The first kappa shape index (κ1) is 11.4. The van der Waals surface area contributed by atoms with Gasteiger partial charge < -0.3 is 11.1 Å². The summed E-state index contributed by atoms with van der Waals surface area (Å²) in [5.41, 5.74) is 6.12. The molecule has 0 saturated heterocycles. The Kier molecular flexibility index (Phi) is 3.99. The molecule has 0 heterocycles. The number of hydrogen-bond acceptors (Lipinski definition) is 3. The largest absolute Gasteiger partial charge is 0.369 e. The number of amides is 2. The molecule has 0 unspecified atom stereocenters. The van der Waals surface area contributed by atoms with Crippen molar-refractivity contribution in [2.45, 2.75) is 4.90 Å². The highest BCUT2D eigenvalue weighted by atomic mass is 32.1. The summed E-state index contributed by atoms with van der Waals surface area (Å²) in [4.78, 5) is 15.6. The molecule has 0 atom stereocenters. The summed E-state index contributed by atoms with van der Waals surface area (Å²) in [6.07, 6.45) is 0. The Hall–Kier alpha value is -1.69. The van der Waals surface area contributed by atoms with Gasteiger partial charge in [0.15, 0.2) is 0 Å². The molecule has 1 rings (SSSR count). The highest BCUT2D eigenvalue weighted by Gasteiger charge is 1.98. The zero-order valence-corrected chi connectivity index (χ0v) is 9.08. The third kappa shape index (κ3) is 3.90. The summed E-state index contributed by atoms with van der Waals surface area (Å²) in [5.74, 6) is 0.0354. The van der Waals surface area contributed by atoms with Gasteiger partial charge in [0.2, 0.25) is 5.96 Å². The predicted octanol–water partition coefficient (Wildman–Crippen LogP) is 0.851. The molecule has 1 aromatic carbocycles. The maximum atomic E-state index is 10.9. The molecule has 0 bridgehead atoms. The zero-order chi connectivity index (χ0) is 11.3. The molecule has 0 aromatic heterocycles. The van der Waals surface area contributed by atoms with Gasteiger partial charge in [-0.25, -0.2) is 9.79 Å². The summed E-state index contributed by atoms with van der Waals surface area (Å²) >= 11 is 4.15. The van der Waals surface area contributed by atoms with E-state index in [9.17, 15) is 4.79 Å². The van der Waals surface area contributed by atoms with E-state index >= 15 is 0 Å². The number of nitrogens with two attached hydrogens (primary N) is 1. The minimum absolute atomic E-state index is 0.0354. The van der Waals surface area contributed by atoms with E-state index in [2.05, 4.69) is 28.3 Å². The first-order valence-corrected chi connectivity index (χ1v) is 4.68. The van der Waals surface area contributed by atoms with E-state index in [1.807, 2.05) is 6.07 Å². The Labute approximate surface area is 93.2 Å². The number of rotatable bonds is 1. The third-order valence-electron chi connectivity index (χ3n) is 1.55. The maximum absolute atomic E-state index is 10.9. The van der Waals surface area contributed by atoms with Crippen LogP contribution in [0.2, 0.25) is 0 Å². The van der Waals surface area contributed by atoms with Gasteiger partial charge in [-0.1, -0.05) is 6.07 Å². The smallest absolute Gasteiger partial charge is 0.321 e. The van der Waals surface area contributed by atoms with Gasteiger partial charge in [0.1, 0.15) is 0 Å². The van der Waals surface area contributed by atoms with Crippen LogP contribution in [-0.2, 0) is 0 Å². The number of hydrogen-bond donors (Lipinski definition) is 4. The van der Waals surface area contributed by atoms with Gasteiger partial charge >= 0.3 is 6.03 Å². The zero-order valence-electron chi connectivity index (χ0n) is 8.19. The molecule has 2 amide bonds. The lowest BCUT2D eigenvalue weighted by Crippen LogP contribution is -2.41. The Morgan fingerprint density at radius 2 is 2.27 bits per heavy atom. The number of nitrogens with zero attached hydrogens (tertiary/aromatic N) is 1. The minimum Gasteiger partial charge on any atom is -0.369 e. The molecule has 0 aliphatic carbocycles. The summed E-state index contributed by atoms with van der Waals surface area (Å²) in [7, 11) is 1.50. The van der Waals surface area contributed by atoms with Crippen molar-refractivity contribution in [3.8, 4) is 0 Å². The predicted molar refractivity (Wildman–Crippen MR) is 62.6 cm³/mol. The molecule has 0 aliphatic rings. The van der Waals surface area contributed by atoms with Gasteiger partial charge in [-0.05, 0) is 18.2 Å². The maximum Gasteiger partial charge on any atom is 0.321 e. The van der Waals surface area contributed by atoms with Crippen LogP contribution in [0.5, 0.6) is 0 Å². The molecule has 0 saturated carbocycles. The van der Waals surface area contributed by atoms with Gasteiger partial charge in [-0.15, -0.1) is 12.6 Å². The van der Waals surface area contributed by atoms with Crippen molar-refractivity contribution in [1.29, 1.82) is 0 Å². The van der Waals surface area contributed by atoms with Gasteiger partial charge in [-0.2, -0.15) is 0 Å². The Balaban J connectivity index is 2.74. The average Bonchev–Trinajstić information content (AvgIpc) is 2.17. The fourth-order valence-electron chi connectivity index (χ4n) is 0.908. The molecular formula is C9H12N4OS. The Morgan fingerprint density at radius 3 is 2.87 bits per heavy atom. The van der Waals surface area contributed by atoms with Crippen molar-refractivity contribution in [1.82, 2.24) is 10.6 Å². The number of carbonyl (C=O) groups excluding carboxylic acids is 1. The molecule has 6 heteroatoms. The van der Waals surface area contributed by atoms with Crippen molar-refractivity contribution < 1.29 is 4.79 Å². The van der Waals surface area contributed by atoms with E-state index in [4.69, 9.17) is 5.73 Å². The lowest BCUT2D eigenvalue weighted by atomic mass is 10.3. The summed E-state index contributed by atoms with van der Waals surface area (Å²) in [6.45, 7) is 0. The van der Waals surface area contributed by atoms with Crippen molar-refractivity contribution in [2.24, 2.45) is 10.7 Å². The molecule has 1 aromatic rings. The number of aliphatic imine (C=N–C) groups is 1. The first-order chi connectivity index (χ1) is 7.11.